The van der Waals surface area contributed by atoms with Gasteiger partial charge in [-0.3, -0.25) is 0 Å². The quantitative estimate of drug-likeness (QED) is 0.893. The molecule has 1 aromatic rings. The van der Waals surface area contributed by atoms with E-state index in [0.717, 1.165) is 0 Å². The molecule has 0 radical (unpaired) electrons. The van der Waals surface area contributed by atoms with Crippen LogP contribution in [0.3, 0.4) is 0 Å². The van der Waals surface area contributed by atoms with Crippen LogP contribution >= 0.6 is 0 Å². The highest BCUT2D eigenvalue weighted by Crippen LogP contribution is 2.27. The van der Waals surface area contributed by atoms with Crippen LogP contribution < -0.4 is 5.32 Å². The van der Waals surface area contributed by atoms with E-state index >= 15 is 0 Å². The van der Waals surface area contributed by atoms with Gasteiger partial charge >= 0.3 is 0 Å². The zero-order valence-electron chi connectivity index (χ0n) is 11.9. The van der Waals surface area contributed by atoms with Crippen molar-refractivity contribution in [3.05, 3.63) is 29.8 Å². The highest BCUT2D eigenvalue weighted by Gasteiger charge is 2.20. The highest BCUT2D eigenvalue weighted by atomic mass is 15.2. The molecule has 0 amide bonds. The Labute approximate surface area is 116 Å². The fraction of sp³-hybridized carbons (Fsp3) is 0.625. The first kappa shape index (κ1) is 12.9. The maximum absolute atomic E-state index is 3.65. The Balaban J connectivity index is 1.38. The third-order valence-electron chi connectivity index (χ3n) is 4.47. The zero-order valence-corrected chi connectivity index (χ0v) is 11.9. The molecule has 0 aromatic heterocycles. The third kappa shape index (κ3) is 3.28. The number of hydrogen-bond donors (Lipinski definition) is 1. The SMILES string of the molecule is CN1CCN(CCCC2Cc3ccccc3N2)CC1. The first-order valence-electron chi connectivity index (χ1n) is 7.56. The summed E-state index contributed by atoms with van der Waals surface area (Å²) in [7, 11) is 2.22. The number of piperazine rings is 1. The lowest BCUT2D eigenvalue weighted by molar-refractivity contribution is 0.151. The van der Waals surface area contributed by atoms with Gasteiger partial charge in [0.1, 0.15) is 0 Å². The van der Waals surface area contributed by atoms with E-state index in [1.807, 2.05) is 0 Å². The lowest BCUT2D eigenvalue weighted by atomic mass is 10.1. The van der Waals surface area contributed by atoms with E-state index in [9.17, 15) is 0 Å². The summed E-state index contributed by atoms with van der Waals surface area (Å²) in [6, 6.07) is 9.38. The third-order valence-corrected chi connectivity index (χ3v) is 4.47. The summed E-state index contributed by atoms with van der Waals surface area (Å²) in [6.07, 6.45) is 3.81. The van der Waals surface area contributed by atoms with Crippen LogP contribution in [-0.2, 0) is 6.42 Å². The van der Waals surface area contributed by atoms with Crippen molar-refractivity contribution >= 4 is 5.69 Å². The van der Waals surface area contributed by atoms with Gasteiger partial charge in [-0.05, 0) is 44.5 Å². The van der Waals surface area contributed by atoms with Gasteiger partial charge in [0.25, 0.3) is 0 Å². The van der Waals surface area contributed by atoms with Crippen LogP contribution in [0.2, 0.25) is 0 Å². The molecular weight excluding hydrogens is 234 g/mol. The topological polar surface area (TPSA) is 18.5 Å². The minimum absolute atomic E-state index is 0.657. The van der Waals surface area contributed by atoms with Gasteiger partial charge in [-0.1, -0.05) is 18.2 Å². The lowest BCUT2D eigenvalue weighted by Crippen LogP contribution is -2.44. The average molecular weight is 259 g/mol. The minimum Gasteiger partial charge on any atom is -0.382 e. The summed E-state index contributed by atoms with van der Waals surface area (Å²) in [5.41, 5.74) is 2.85. The molecule has 3 rings (SSSR count). The number of nitrogens with one attached hydrogen (secondary N) is 1. The first-order valence-corrected chi connectivity index (χ1v) is 7.56. The van der Waals surface area contributed by atoms with Gasteiger partial charge in [0.05, 0.1) is 0 Å². The largest absolute Gasteiger partial charge is 0.382 e. The molecule has 1 aromatic carbocycles. The molecule has 1 unspecified atom stereocenters. The molecule has 3 nitrogen and oxygen atoms in total. The molecule has 104 valence electrons. The monoisotopic (exact) mass is 259 g/mol. The smallest absolute Gasteiger partial charge is 0.0375 e. The summed E-state index contributed by atoms with van der Waals surface area (Å²) in [5.74, 6) is 0. The zero-order chi connectivity index (χ0) is 13.1. The van der Waals surface area contributed by atoms with Crippen molar-refractivity contribution < 1.29 is 0 Å². The summed E-state index contributed by atoms with van der Waals surface area (Å²) < 4.78 is 0. The van der Waals surface area contributed by atoms with Crippen molar-refractivity contribution in [1.82, 2.24) is 9.80 Å². The van der Waals surface area contributed by atoms with E-state index in [1.54, 1.807) is 0 Å². The molecule has 1 N–H and O–H groups in total. The molecule has 3 heteroatoms. The van der Waals surface area contributed by atoms with Crippen molar-refractivity contribution in [2.24, 2.45) is 0 Å². The van der Waals surface area contributed by atoms with E-state index in [4.69, 9.17) is 0 Å². The van der Waals surface area contributed by atoms with E-state index in [0.29, 0.717) is 6.04 Å². The second kappa shape index (κ2) is 5.93. The van der Waals surface area contributed by atoms with Crippen molar-refractivity contribution in [2.45, 2.75) is 25.3 Å². The van der Waals surface area contributed by atoms with E-state index in [-0.39, 0.29) is 0 Å². The van der Waals surface area contributed by atoms with Gasteiger partial charge < -0.3 is 15.1 Å². The minimum atomic E-state index is 0.657. The molecule has 2 aliphatic heterocycles. The summed E-state index contributed by atoms with van der Waals surface area (Å²) in [5, 5.41) is 3.65. The fourth-order valence-corrected chi connectivity index (χ4v) is 3.18. The van der Waals surface area contributed by atoms with Crippen LogP contribution in [0.25, 0.3) is 0 Å². The maximum Gasteiger partial charge on any atom is 0.0375 e. The van der Waals surface area contributed by atoms with Gasteiger partial charge in [-0.2, -0.15) is 0 Å². The molecular formula is C16H25N3. The van der Waals surface area contributed by atoms with E-state index < -0.39 is 0 Å². The lowest BCUT2D eigenvalue weighted by Gasteiger charge is -2.32. The first-order chi connectivity index (χ1) is 9.31. The van der Waals surface area contributed by atoms with Crippen LogP contribution in [0.1, 0.15) is 18.4 Å². The van der Waals surface area contributed by atoms with Crippen molar-refractivity contribution in [3.8, 4) is 0 Å². The molecule has 1 atom stereocenters. The number of nitrogens with zero attached hydrogens (tertiary/aromatic N) is 2. The van der Waals surface area contributed by atoms with Gasteiger partial charge in [0.15, 0.2) is 0 Å². The molecule has 2 aliphatic rings. The molecule has 0 bridgehead atoms. The van der Waals surface area contributed by atoms with Crippen LogP contribution in [0.4, 0.5) is 5.69 Å². The van der Waals surface area contributed by atoms with Gasteiger partial charge in [0, 0.05) is 37.9 Å². The number of anilines is 1. The van der Waals surface area contributed by atoms with E-state index in [1.165, 1.54) is 63.2 Å². The normalized spacial score (nSPS) is 24.2. The van der Waals surface area contributed by atoms with Crippen LogP contribution in [0.15, 0.2) is 24.3 Å². The standard InChI is InChI=1S/C16H25N3/c1-18-9-11-19(12-10-18)8-4-6-15-13-14-5-2-3-7-16(14)17-15/h2-3,5,7,15,17H,4,6,8-13H2,1H3. The Hall–Kier alpha value is -1.06. The van der Waals surface area contributed by atoms with E-state index in [2.05, 4.69) is 46.4 Å². The molecule has 0 saturated carbocycles. The van der Waals surface area contributed by atoms with Gasteiger partial charge in [-0.15, -0.1) is 0 Å². The number of rotatable bonds is 4. The number of hydrogen-bond acceptors (Lipinski definition) is 3. The Kier molecular flexibility index (Phi) is 4.04. The molecule has 1 saturated heterocycles. The Morgan fingerprint density at radius 2 is 1.95 bits per heavy atom. The predicted octanol–water partition coefficient (Wildman–Crippen LogP) is 2.05. The molecule has 0 aliphatic carbocycles. The Morgan fingerprint density at radius 1 is 1.16 bits per heavy atom. The predicted molar refractivity (Wildman–Crippen MR) is 80.7 cm³/mol. The number of fused-ring (bicyclic) bond motifs is 1. The number of likely N-dealkylation sites (N-methyl/N-ethyl adjacent to an activating group) is 1. The Bertz CT molecular complexity index is 385. The number of benzene rings is 1. The van der Waals surface area contributed by atoms with Crippen molar-refractivity contribution in [3.63, 3.8) is 0 Å². The van der Waals surface area contributed by atoms with Crippen molar-refractivity contribution in [1.29, 1.82) is 0 Å². The maximum atomic E-state index is 3.65. The number of para-hydroxylation sites is 1. The molecule has 2 heterocycles. The van der Waals surface area contributed by atoms with Crippen LogP contribution in [0.5, 0.6) is 0 Å². The summed E-state index contributed by atoms with van der Waals surface area (Å²) in [4.78, 5) is 5.04. The second-order valence-corrected chi connectivity index (χ2v) is 5.99. The average Bonchev–Trinajstić information content (AvgIpc) is 2.83. The van der Waals surface area contributed by atoms with Gasteiger partial charge in [-0.25, -0.2) is 0 Å². The molecule has 19 heavy (non-hydrogen) atoms. The fourth-order valence-electron chi connectivity index (χ4n) is 3.18. The van der Waals surface area contributed by atoms with Crippen molar-refractivity contribution in [2.75, 3.05) is 45.1 Å². The highest BCUT2D eigenvalue weighted by molar-refractivity contribution is 5.56. The second-order valence-electron chi connectivity index (χ2n) is 5.99. The molecule has 0 spiro atoms. The van der Waals surface area contributed by atoms with Crippen LogP contribution in [-0.4, -0.2) is 55.6 Å². The van der Waals surface area contributed by atoms with Crippen LogP contribution in [0, 0.1) is 0 Å². The summed E-state index contributed by atoms with van der Waals surface area (Å²) in [6.45, 7) is 6.21. The Morgan fingerprint density at radius 3 is 2.74 bits per heavy atom. The van der Waals surface area contributed by atoms with Gasteiger partial charge in [0.2, 0.25) is 0 Å². The summed E-state index contributed by atoms with van der Waals surface area (Å²) >= 11 is 0. The molecule has 1 fully saturated rings.